The van der Waals surface area contributed by atoms with E-state index < -0.39 is 0 Å². The fourth-order valence-corrected chi connectivity index (χ4v) is 3.01. The van der Waals surface area contributed by atoms with Crippen molar-refractivity contribution < 1.29 is 4.79 Å². The zero-order valence-corrected chi connectivity index (χ0v) is 14.1. The van der Waals surface area contributed by atoms with E-state index in [9.17, 15) is 4.79 Å². The molecule has 1 N–H and O–H groups in total. The predicted octanol–water partition coefficient (Wildman–Crippen LogP) is 3.23. The van der Waals surface area contributed by atoms with Gasteiger partial charge in [-0.3, -0.25) is 4.79 Å². The number of carbonyl (C=O) groups excluding carboxylic acids is 1. The molecule has 1 aliphatic rings. The minimum absolute atomic E-state index is 0.00463. The molecule has 2 rings (SSSR count). The highest BCUT2D eigenvalue weighted by molar-refractivity contribution is 5.72. The molecule has 1 unspecified atom stereocenters. The van der Waals surface area contributed by atoms with E-state index in [4.69, 9.17) is 0 Å². The molecule has 3 heteroatoms. The van der Waals surface area contributed by atoms with Crippen molar-refractivity contribution in [3.05, 3.63) is 27.8 Å². The molecule has 1 amide bonds. The van der Waals surface area contributed by atoms with Crippen molar-refractivity contribution in [2.75, 3.05) is 25.5 Å². The standard InChI is InChI=1S/C14H21N.C3H7NO/c1-8-7-15(6)14-12(5)10(3)9(2)11(4)13(8)14;1-3(5)4-2/h8H,7H2,1-6H3;1-2H3,(H,4,5). The molecule has 20 heavy (non-hydrogen) atoms. The van der Waals surface area contributed by atoms with Gasteiger partial charge in [0.05, 0.1) is 0 Å². The molecule has 0 bridgehead atoms. The van der Waals surface area contributed by atoms with Crippen molar-refractivity contribution in [3.63, 3.8) is 0 Å². The third-order valence-electron chi connectivity index (χ3n) is 4.48. The monoisotopic (exact) mass is 276 g/mol. The van der Waals surface area contributed by atoms with Crippen LogP contribution < -0.4 is 10.2 Å². The van der Waals surface area contributed by atoms with E-state index in [1.54, 1.807) is 12.6 Å². The number of nitrogens with one attached hydrogen (secondary N) is 1. The van der Waals surface area contributed by atoms with Gasteiger partial charge in [0.15, 0.2) is 0 Å². The van der Waals surface area contributed by atoms with E-state index >= 15 is 0 Å². The topological polar surface area (TPSA) is 32.3 Å². The van der Waals surface area contributed by atoms with E-state index in [2.05, 4.69) is 51.9 Å². The first-order valence-electron chi connectivity index (χ1n) is 7.22. The van der Waals surface area contributed by atoms with Gasteiger partial charge in [-0.05, 0) is 55.5 Å². The summed E-state index contributed by atoms with van der Waals surface area (Å²) in [6.45, 7) is 14.0. The van der Waals surface area contributed by atoms with Gasteiger partial charge in [0.2, 0.25) is 5.91 Å². The fourth-order valence-electron chi connectivity index (χ4n) is 3.01. The highest BCUT2D eigenvalue weighted by atomic mass is 16.1. The van der Waals surface area contributed by atoms with Crippen LogP contribution >= 0.6 is 0 Å². The Bertz CT molecular complexity index is 481. The first kappa shape index (κ1) is 16.5. The van der Waals surface area contributed by atoms with Gasteiger partial charge in [0.1, 0.15) is 0 Å². The predicted molar refractivity (Wildman–Crippen MR) is 86.8 cm³/mol. The number of benzene rings is 1. The van der Waals surface area contributed by atoms with Crippen LogP contribution in [0, 0.1) is 27.7 Å². The first-order valence-corrected chi connectivity index (χ1v) is 7.22. The Morgan fingerprint density at radius 3 is 2.00 bits per heavy atom. The van der Waals surface area contributed by atoms with Crippen molar-refractivity contribution in [3.8, 4) is 0 Å². The highest BCUT2D eigenvalue weighted by Crippen LogP contribution is 2.42. The third-order valence-corrected chi connectivity index (χ3v) is 4.48. The van der Waals surface area contributed by atoms with Crippen LogP contribution in [0.1, 0.15) is 47.6 Å². The first-order chi connectivity index (χ1) is 9.22. The number of likely N-dealkylation sites (N-methyl/N-ethyl adjacent to an activating group) is 1. The average molecular weight is 276 g/mol. The van der Waals surface area contributed by atoms with Crippen molar-refractivity contribution in [2.45, 2.75) is 47.5 Å². The molecule has 0 radical (unpaired) electrons. The molecule has 0 fully saturated rings. The van der Waals surface area contributed by atoms with Crippen molar-refractivity contribution in [1.82, 2.24) is 5.32 Å². The summed E-state index contributed by atoms with van der Waals surface area (Å²) in [7, 11) is 3.81. The summed E-state index contributed by atoms with van der Waals surface area (Å²) in [6.07, 6.45) is 0. The SMILES string of the molecule is CNC(C)=O.Cc1c(C)c(C)c2c(c1C)C(C)CN2C. The van der Waals surface area contributed by atoms with E-state index in [0.717, 1.165) is 0 Å². The number of amides is 1. The number of hydrogen-bond acceptors (Lipinski definition) is 2. The van der Waals surface area contributed by atoms with Crippen LogP contribution in [-0.2, 0) is 4.79 Å². The summed E-state index contributed by atoms with van der Waals surface area (Å²) >= 11 is 0. The van der Waals surface area contributed by atoms with Crippen LogP contribution in [0.3, 0.4) is 0 Å². The normalized spacial score (nSPS) is 16.4. The molecule has 0 aromatic heterocycles. The van der Waals surface area contributed by atoms with Gasteiger partial charge in [-0.1, -0.05) is 6.92 Å². The van der Waals surface area contributed by atoms with E-state index in [0.29, 0.717) is 5.92 Å². The van der Waals surface area contributed by atoms with E-state index in [1.165, 1.54) is 41.4 Å². The lowest BCUT2D eigenvalue weighted by molar-refractivity contribution is -0.118. The lowest BCUT2D eigenvalue weighted by Crippen LogP contribution is -2.15. The van der Waals surface area contributed by atoms with Crippen LogP contribution in [0.15, 0.2) is 0 Å². The zero-order valence-electron chi connectivity index (χ0n) is 14.1. The molecule has 112 valence electrons. The van der Waals surface area contributed by atoms with E-state index in [1.807, 2.05) is 0 Å². The van der Waals surface area contributed by atoms with Gasteiger partial charge >= 0.3 is 0 Å². The Morgan fingerprint density at radius 1 is 1.10 bits per heavy atom. The lowest BCUT2D eigenvalue weighted by atomic mass is 9.89. The molecular formula is C17H28N2O. The van der Waals surface area contributed by atoms with Gasteiger partial charge in [0, 0.05) is 39.2 Å². The minimum Gasteiger partial charge on any atom is -0.374 e. The molecule has 1 heterocycles. The summed E-state index contributed by atoms with van der Waals surface area (Å²) in [6, 6.07) is 0. The number of hydrogen-bond donors (Lipinski definition) is 1. The summed E-state index contributed by atoms with van der Waals surface area (Å²) in [5.74, 6) is 0.688. The maximum Gasteiger partial charge on any atom is 0.216 e. The van der Waals surface area contributed by atoms with Crippen molar-refractivity contribution in [2.24, 2.45) is 0 Å². The zero-order chi connectivity index (χ0) is 15.6. The van der Waals surface area contributed by atoms with Crippen LogP contribution in [0.4, 0.5) is 5.69 Å². The number of rotatable bonds is 0. The van der Waals surface area contributed by atoms with Gasteiger partial charge in [0.25, 0.3) is 0 Å². The largest absolute Gasteiger partial charge is 0.374 e. The van der Waals surface area contributed by atoms with Crippen LogP contribution in [0.25, 0.3) is 0 Å². The molecule has 1 aromatic carbocycles. The smallest absolute Gasteiger partial charge is 0.216 e. The second-order valence-corrected chi connectivity index (χ2v) is 5.85. The number of anilines is 1. The van der Waals surface area contributed by atoms with Crippen molar-refractivity contribution >= 4 is 11.6 Å². The number of fused-ring (bicyclic) bond motifs is 1. The highest BCUT2D eigenvalue weighted by Gasteiger charge is 2.28. The molecule has 1 atom stereocenters. The fraction of sp³-hybridized carbons (Fsp3) is 0.588. The molecule has 0 saturated heterocycles. The molecule has 3 nitrogen and oxygen atoms in total. The average Bonchev–Trinajstić information content (AvgIpc) is 2.69. The Hall–Kier alpha value is -1.51. The molecule has 0 aliphatic carbocycles. The molecule has 1 aromatic rings. The minimum atomic E-state index is 0.00463. The number of carbonyl (C=O) groups is 1. The summed E-state index contributed by atoms with van der Waals surface area (Å²) in [4.78, 5) is 12.1. The van der Waals surface area contributed by atoms with Gasteiger partial charge < -0.3 is 10.2 Å². The van der Waals surface area contributed by atoms with Gasteiger partial charge in [-0.2, -0.15) is 0 Å². The Balaban J connectivity index is 0.000000347. The summed E-state index contributed by atoms with van der Waals surface area (Å²) in [5.41, 5.74) is 8.99. The second-order valence-electron chi connectivity index (χ2n) is 5.85. The summed E-state index contributed by atoms with van der Waals surface area (Å²) < 4.78 is 0. The third kappa shape index (κ3) is 2.97. The maximum absolute atomic E-state index is 9.70. The summed E-state index contributed by atoms with van der Waals surface area (Å²) in [5, 5.41) is 2.39. The maximum atomic E-state index is 9.70. The van der Waals surface area contributed by atoms with Crippen molar-refractivity contribution in [1.29, 1.82) is 0 Å². The molecule has 1 aliphatic heterocycles. The Morgan fingerprint density at radius 2 is 1.55 bits per heavy atom. The van der Waals surface area contributed by atoms with Gasteiger partial charge in [-0.15, -0.1) is 0 Å². The van der Waals surface area contributed by atoms with E-state index in [-0.39, 0.29) is 5.91 Å². The van der Waals surface area contributed by atoms with Crippen LogP contribution in [0.2, 0.25) is 0 Å². The Labute approximate surface area is 123 Å². The van der Waals surface area contributed by atoms with Crippen LogP contribution in [-0.4, -0.2) is 26.5 Å². The number of nitrogens with zero attached hydrogens (tertiary/aromatic N) is 1. The molecule has 0 saturated carbocycles. The van der Waals surface area contributed by atoms with Crippen LogP contribution in [0.5, 0.6) is 0 Å². The molecule has 0 spiro atoms. The Kier molecular flexibility index (Phi) is 5.21. The van der Waals surface area contributed by atoms with Gasteiger partial charge in [-0.25, -0.2) is 0 Å². The molecular weight excluding hydrogens is 248 g/mol. The second kappa shape index (κ2) is 6.29. The lowest BCUT2D eigenvalue weighted by Gasteiger charge is -2.20. The quantitative estimate of drug-likeness (QED) is 0.789.